The van der Waals surface area contributed by atoms with Crippen molar-refractivity contribution in [2.75, 3.05) is 0 Å². The standard InChI is InChI=1S/C19H26OSi/c1-19(2,3)20-21-15-14-18(16-10-6-4-7-11-16)17-12-8-5-9-13-17/h4-13,18H,14-15,21H2,1-3H3. The van der Waals surface area contributed by atoms with Gasteiger partial charge in [-0.25, -0.2) is 0 Å². The molecule has 2 aromatic rings. The highest BCUT2D eigenvalue weighted by atomic mass is 28.2. The van der Waals surface area contributed by atoms with Gasteiger partial charge in [0.1, 0.15) is 0 Å². The minimum Gasteiger partial charge on any atom is -0.419 e. The van der Waals surface area contributed by atoms with Crippen LogP contribution in [-0.4, -0.2) is 15.4 Å². The van der Waals surface area contributed by atoms with Crippen molar-refractivity contribution in [3.05, 3.63) is 71.8 Å². The predicted molar refractivity (Wildman–Crippen MR) is 93.5 cm³/mol. The lowest BCUT2D eigenvalue weighted by Crippen LogP contribution is -2.21. The average Bonchev–Trinajstić information content (AvgIpc) is 2.48. The molecule has 0 fully saturated rings. The summed E-state index contributed by atoms with van der Waals surface area (Å²) in [5.41, 5.74) is 2.84. The Labute approximate surface area is 131 Å². The lowest BCUT2D eigenvalue weighted by atomic mass is 9.89. The summed E-state index contributed by atoms with van der Waals surface area (Å²) in [6.07, 6.45) is 1.18. The molecule has 2 heteroatoms. The van der Waals surface area contributed by atoms with E-state index in [0.29, 0.717) is 5.92 Å². The Hall–Kier alpha value is -1.38. The van der Waals surface area contributed by atoms with Gasteiger partial charge in [-0.15, -0.1) is 0 Å². The zero-order valence-electron chi connectivity index (χ0n) is 13.4. The Morgan fingerprint density at radius 2 is 1.33 bits per heavy atom. The lowest BCUT2D eigenvalue weighted by Gasteiger charge is -2.22. The third-order valence-electron chi connectivity index (χ3n) is 3.58. The van der Waals surface area contributed by atoms with Crippen molar-refractivity contribution in [1.82, 2.24) is 0 Å². The van der Waals surface area contributed by atoms with E-state index in [2.05, 4.69) is 81.4 Å². The summed E-state index contributed by atoms with van der Waals surface area (Å²) in [6.45, 7) is 6.43. The molecule has 0 spiro atoms. The van der Waals surface area contributed by atoms with Crippen LogP contribution in [0.2, 0.25) is 6.04 Å². The third-order valence-corrected chi connectivity index (χ3v) is 5.34. The maximum atomic E-state index is 5.99. The fourth-order valence-electron chi connectivity index (χ4n) is 2.56. The van der Waals surface area contributed by atoms with Gasteiger partial charge in [-0.3, -0.25) is 0 Å². The highest BCUT2D eigenvalue weighted by molar-refractivity contribution is 6.27. The number of rotatable bonds is 6. The molecule has 0 bridgehead atoms. The molecule has 0 aliphatic heterocycles. The summed E-state index contributed by atoms with van der Waals surface area (Å²) in [4.78, 5) is 0. The Kier molecular flexibility index (Phi) is 5.77. The monoisotopic (exact) mass is 298 g/mol. The predicted octanol–water partition coefficient (Wildman–Crippen LogP) is 4.53. The molecule has 0 saturated heterocycles. The third kappa shape index (κ3) is 5.48. The average molecular weight is 299 g/mol. The zero-order valence-corrected chi connectivity index (χ0v) is 14.8. The van der Waals surface area contributed by atoms with Crippen molar-refractivity contribution in [3.63, 3.8) is 0 Å². The first-order valence-electron chi connectivity index (χ1n) is 7.80. The van der Waals surface area contributed by atoms with E-state index in [0.717, 1.165) is 0 Å². The summed E-state index contributed by atoms with van der Waals surface area (Å²) >= 11 is 0. The minimum absolute atomic E-state index is 0.0151. The molecule has 0 aliphatic rings. The highest BCUT2D eigenvalue weighted by Gasteiger charge is 2.15. The van der Waals surface area contributed by atoms with Crippen LogP contribution >= 0.6 is 0 Å². The van der Waals surface area contributed by atoms with Crippen LogP contribution in [-0.2, 0) is 4.43 Å². The number of hydrogen-bond donors (Lipinski definition) is 0. The van der Waals surface area contributed by atoms with Gasteiger partial charge in [0, 0.05) is 11.5 Å². The van der Waals surface area contributed by atoms with Crippen molar-refractivity contribution in [2.45, 2.75) is 44.8 Å². The number of hydrogen-bond acceptors (Lipinski definition) is 1. The van der Waals surface area contributed by atoms with E-state index in [1.807, 2.05) is 0 Å². The van der Waals surface area contributed by atoms with Crippen molar-refractivity contribution < 1.29 is 4.43 Å². The molecule has 21 heavy (non-hydrogen) atoms. The Balaban J connectivity index is 2.04. The van der Waals surface area contributed by atoms with Gasteiger partial charge in [-0.2, -0.15) is 0 Å². The highest BCUT2D eigenvalue weighted by Crippen LogP contribution is 2.29. The maximum Gasteiger partial charge on any atom is 0.162 e. The van der Waals surface area contributed by atoms with Crippen LogP contribution in [0.3, 0.4) is 0 Å². The summed E-state index contributed by atoms with van der Waals surface area (Å²) in [7, 11) is -0.445. The van der Waals surface area contributed by atoms with Crippen molar-refractivity contribution in [3.8, 4) is 0 Å². The summed E-state index contributed by atoms with van der Waals surface area (Å²) in [6, 6.07) is 22.9. The Morgan fingerprint density at radius 1 is 0.857 bits per heavy atom. The lowest BCUT2D eigenvalue weighted by molar-refractivity contribution is 0.138. The smallest absolute Gasteiger partial charge is 0.162 e. The first kappa shape index (κ1) is 16.0. The van der Waals surface area contributed by atoms with Gasteiger partial charge < -0.3 is 4.43 Å². The normalized spacial score (nSPS) is 12.4. The SMILES string of the molecule is CC(C)(C)O[SiH2]CCC(c1ccccc1)c1ccccc1. The first-order chi connectivity index (χ1) is 10.1. The molecule has 2 aromatic carbocycles. The Bertz CT molecular complexity index is 477. The van der Waals surface area contributed by atoms with E-state index in [9.17, 15) is 0 Å². The fourth-order valence-corrected chi connectivity index (χ4v) is 3.89. The van der Waals surface area contributed by atoms with Gasteiger partial charge in [0.05, 0.1) is 0 Å². The molecule has 0 heterocycles. The van der Waals surface area contributed by atoms with Crippen LogP contribution in [0.1, 0.15) is 44.2 Å². The van der Waals surface area contributed by atoms with Crippen LogP contribution < -0.4 is 0 Å². The molecule has 0 radical (unpaired) electrons. The van der Waals surface area contributed by atoms with Crippen LogP contribution in [0.4, 0.5) is 0 Å². The molecule has 112 valence electrons. The molecule has 0 aliphatic carbocycles. The molecule has 0 saturated carbocycles. The largest absolute Gasteiger partial charge is 0.419 e. The minimum atomic E-state index is -0.445. The second-order valence-electron chi connectivity index (χ2n) is 6.48. The zero-order chi connectivity index (χ0) is 15.1. The van der Waals surface area contributed by atoms with Crippen LogP contribution in [0.15, 0.2) is 60.7 Å². The van der Waals surface area contributed by atoms with Gasteiger partial charge in [0.2, 0.25) is 0 Å². The van der Waals surface area contributed by atoms with E-state index >= 15 is 0 Å². The van der Waals surface area contributed by atoms with Gasteiger partial charge in [0.25, 0.3) is 0 Å². The van der Waals surface area contributed by atoms with Gasteiger partial charge in [-0.05, 0) is 44.4 Å². The molecule has 0 amide bonds. The fraction of sp³-hybridized carbons (Fsp3) is 0.368. The molecule has 1 nitrogen and oxygen atoms in total. The molecular formula is C19H26OSi. The molecular weight excluding hydrogens is 272 g/mol. The van der Waals surface area contributed by atoms with E-state index in [1.165, 1.54) is 23.6 Å². The van der Waals surface area contributed by atoms with Crippen LogP contribution in [0.25, 0.3) is 0 Å². The van der Waals surface area contributed by atoms with Crippen LogP contribution in [0, 0.1) is 0 Å². The van der Waals surface area contributed by atoms with E-state index in [4.69, 9.17) is 4.43 Å². The van der Waals surface area contributed by atoms with Crippen LogP contribution in [0.5, 0.6) is 0 Å². The van der Waals surface area contributed by atoms with Crippen molar-refractivity contribution >= 4 is 9.76 Å². The summed E-state index contributed by atoms with van der Waals surface area (Å²) < 4.78 is 5.99. The van der Waals surface area contributed by atoms with Crippen molar-refractivity contribution in [2.24, 2.45) is 0 Å². The van der Waals surface area contributed by atoms with Gasteiger partial charge in [0.15, 0.2) is 9.76 Å². The van der Waals surface area contributed by atoms with E-state index in [-0.39, 0.29) is 5.60 Å². The summed E-state index contributed by atoms with van der Waals surface area (Å²) in [5, 5.41) is 0. The van der Waals surface area contributed by atoms with Gasteiger partial charge in [-0.1, -0.05) is 60.7 Å². The molecule has 2 rings (SSSR count). The summed E-state index contributed by atoms with van der Waals surface area (Å²) in [5.74, 6) is 0.489. The van der Waals surface area contributed by atoms with E-state index < -0.39 is 9.76 Å². The molecule has 0 aromatic heterocycles. The second kappa shape index (κ2) is 7.58. The topological polar surface area (TPSA) is 9.23 Å². The quantitative estimate of drug-likeness (QED) is 0.562. The van der Waals surface area contributed by atoms with E-state index in [1.54, 1.807) is 0 Å². The second-order valence-corrected chi connectivity index (χ2v) is 7.88. The van der Waals surface area contributed by atoms with Crippen molar-refractivity contribution in [1.29, 1.82) is 0 Å². The number of benzene rings is 2. The molecule has 0 unspecified atom stereocenters. The maximum absolute atomic E-state index is 5.99. The molecule has 0 N–H and O–H groups in total. The molecule has 0 atom stereocenters. The van der Waals surface area contributed by atoms with Gasteiger partial charge >= 0.3 is 0 Å². The Morgan fingerprint density at radius 3 is 1.76 bits per heavy atom. The first-order valence-corrected chi connectivity index (χ1v) is 9.38.